The van der Waals surface area contributed by atoms with Crippen molar-refractivity contribution in [3.8, 4) is 0 Å². The van der Waals surface area contributed by atoms with E-state index >= 15 is 0 Å². The molecule has 3 heterocycles. The molecule has 2 saturated heterocycles. The molecule has 1 aromatic rings. The molecule has 0 saturated carbocycles. The number of hydrogen-bond acceptors (Lipinski definition) is 4. The summed E-state index contributed by atoms with van der Waals surface area (Å²) in [5.41, 5.74) is 3.19. The Morgan fingerprint density at radius 2 is 1.93 bits per heavy atom. The second kappa shape index (κ2) is 9.08. The summed E-state index contributed by atoms with van der Waals surface area (Å²) in [6.07, 6.45) is 11.9. The highest BCUT2D eigenvalue weighted by molar-refractivity contribution is 7.80. The molecule has 7 heteroatoms. The third kappa shape index (κ3) is 4.56. The first-order valence-electron chi connectivity index (χ1n) is 11.4. The zero-order valence-corrected chi connectivity index (χ0v) is 19.2. The van der Waals surface area contributed by atoms with Crippen LogP contribution >= 0.6 is 12.2 Å². The van der Waals surface area contributed by atoms with Gasteiger partial charge in [0.15, 0.2) is 5.11 Å². The monoisotopic (exact) mass is 430 g/mol. The molecule has 1 N–H and O–H groups in total. The highest BCUT2D eigenvalue weighted by Crippen LogP contribution is 2.40. The van der Waals surface area contributed by atoms with Gasteiger partial charge >= 0.3 is 0 Å². The number of hydrogen-bond donors (Lipinski definition) is 1. The van der Waals surface area contributed by atoms with Gasteiger partial charge in [-0.25, -0.2) is 0 Å². The summed E-state index contributed by atoms with van der Waals surface area (Å²) in [6, 6.07) is 0. The molecular weight excluding hydrogens is 396 g/mol. The molecule has 6 nitrogen and oxygen atoms in total. The van der Waals surface area contributed by atoms with Crippen LogP contribution in [0.3, 0.4) is 0 Å². The summed E-state index contributed by atoms with van der Waals surface area (Å²) in [4.78, 5) is 17.2. The van der Waals surface area contributed by atoms with Crippen molar-refractivity contribution in [3.63, 3.8) is 0 Å². The molecule has 1 aliphatic carbocycles. The Labute approximate surface area is 185 Å². The van der Waals surface area contributed by atoms with E-state index in [-0.39, 0.29) is 11.3 Å². The zero-order valence-electron chi connectivity index (χ0n) is 18.3. The molecule has 1 spiro atoms. The lowest BCUT2D eigenvalue weighted by molar-refractivity contribution is 0.0596. The average molecular weight is 431 g/mol. The molecule has 164 valence electrons. The van der Waals surface area contributed by atoms with Gasteiger partial charge in [0.1, 0.15) is 11.3 Å². The van der Waals surface area contributed by atoms with Crippen LogP contribution in [0.25, 0.3) is 0 Å². The lowest BCUT2D eigenvalue weighted by atomic mass is 9.77. The number of piperidine rings is 1. The highest BCUT2D eigenvalue weighted by atomic mass is 32.1. The molecule has 4 rings (SSSR count). The van der Waals surface area contributed by atoms with E-state index in [4.69, 9.17) is 16.7 Å². The van der Waals surface area contributed by atoms with Gasteiger partial charge in [-0.05, 0) is 82.8 Å². The smallest absolute Gasteiger partial charge is 0.259 e. The second-order valence-corrected chi connectivity index (χ2v) is 9.64. The van der Waals surface area contributed by atoms with Gasteiger partial charge in [0.2, 0.25) is 0 Å². The summed E-state index contributed by atoms with van der Waals surface area (Å²) in [5, 5.41) is 8.32. The van der Waals surface area contributed by atoms with Crippen molar-refractivity contribution in [2.24, 2.45) is 5.41 Å². The first-order chi connectivity index (χ1) is 14.5. The number of carbonyl (C=O) groups is 1. The molecule has 30 heavy (non-hydrogen) atoms. The van der Waals surface area contributed by atoms with E-state index in [1.165, 1.54) is 25.7 Å². The molecule has 0 bridgehead atoms. The predicted molar refractivity (Wildman–Crippen MR) is 122 cm³/mol. The van der Waals surface area contributed by atoms with Gasteiger partial charge < -0.3 is 19.6 Å². The summed E-state index contributed by atoms with van der Waals surface area (Å²) in [5.74, 6) is 0.676. The van der Waals surface area contributed by atoms with Crippen LogP contribution in [0.5, 0.6) is 0 Å². The Morgan fingerprint density at radius 1 is 1.20 bits per heavy atom. The van der Waals surface area contributed by atoms with Crippen LogP contribution in [0, 0.1) is 19.3 Å². The Balaban J connectivity index is 1.25. The average Bonchev–Trinajstić information content (AvgIpc) is 3.32. The minimum atomic E-state index is 0.0603. The lowest BCUT2D eigenvalue weighted by Gasteiger charge is -2.39. The van der Waals surface area contributed by atoms with Crippen molar-refractivity contribution in [1.29, 1.82) is 0 Å². The van der Waals surface area contributed by atoms with Crippen LogP contribution in [-0.2, 0) is 0 Å². The Hall–Kier alpha value is -1.89. The topological polar surface area (TPSA) is 61.6 Å². The number of aromatic nitrogens is 1. The quantitative estimate of drug-likeness (QED) is 0.576. The molecule has 0 unspecified atom stereocenters. The maximum Gasteiger partial charge on any atom is 0.259 e. The molecule has 0 atom stereocenters. The first-order valence-corrected chi connectivity index (χ1v) is 11.8. The third-order valence-corrected chi connectivity index (χ3v) is 7.59. The summed E-state index contributed by atoms with van der Waals surface area (Å²) in [6.45, 7) is 8.21. The van der Waals surface area contributed by atoms with E-state index in [0.29, 0.717) is 17.0 Å². The maximum atomic E-state index is 12.9. The van der Waals surface area contributed by atoms with Crippen LogP contribution in [0.2, 0.25) is 0 Å². The van der Waals surface area contributed by atoms with Gasteiger partial charge in [0.05, 0.1) is 5.69 Å². The van der Waals surface area contributed by atoms with Gasteiger partial charge in [0, 0.05) is 32.7 Å². The molecule has 2 fully saturated rings. The predicted octanol–water partition coefficient (Wildman–Crippen LogP) is 3.98. The molecule has 1 aromatic heterocycles. The van der Waals surface area contributed by atoms with Gasteiger partial charge in [-0.1, -0.05) is 16.8 Å². The molecule has 1 amide bonds. The van der Waals surface area contributed by atoms with Crippen LogP contribution in [-0.4, -0.2) is 58.7 Å². The highest BCUT2D eigenvalue weighted by Gasteiger charge is 2.42. The van der Waals surface area contributed by atoms with Crippen molar-refractivity contribution in [2.75, 3.05) is 32.7 Å². The minimum Gasteiger partial charge on any atom is -0.362 e. The van der Waals surface area contributed by atoms with Crippen LogP contribution in [0.1, 0.15) is 73.2 Å². The largest absolute Gasteiger partial charge is 0.362 e. The normalized spacial score (nSPS) is 21.1. The number of nitrogens with one attached hydrogen (secondary N) is 1. The van der Waals surface area contributed by atoms with Crippen molar-refractivity contribution < 1.29 is 9.32 Å². The number of thiocarbonyl (C=S) groups is 1. The summed E-state index contributed by atoms with van der Waals surface area (Å²) in [7, 11) is 0. The Morgan fingerprint density at radius 3 is 2.57 bits per heavy atom. The van der Waals surface area contributed by atoms with E-state index in [0.717, 1.165) is 63.5 Å². The maximum absolute atomic E-state index is 12.9. The van der Waals surface area contributed by atoms with Crippen LogP contribution in [0.4, 0.5) is 0 Å². The molecular formula is C23H34N4O2S. The fourth-order valence-corrected chi connectivity index (χ4v) is 5.48. The number of nitrogens with zero attached hydrogens (tertiary/aromatic N) is 3. The van der Waals surface area contributed by atoms with Gasteiger partial charge in [0.25, 0.3) is 5.91 Å². The van der Waals surface area contributed by atoms with Crippen molar-refractivity contribution >= 4 is 23.2 Å². The second-order valence-electron chi connectivity index (χ2n) is 9.25. The zero-order chi connectivity index (χ0) is 21.1. The number of likely N-dealkylation sites (tertiary alicyclic amines) is 2. The summed E-state index contributed by atoms with van der Waals surface area (Å²) < 4.78 is 5.18. The van der Waals surface area contributed by atoms with Gasteiger partial charge in [-0.3, -0.25) is 4.79 Å². The number of rotatable bonds is 4. The van der Waals surface area contributed by atoms with E-state index in [2.05, 4.69) is 21.4 Å². The van der Waals surface area contributed by atoms with E-state index in [9.17, 15) is 4.79 Å². The molecule has 0 aromatic carbocycles. The van der Waals surface area contributed by atoms with Gasteiger partial charge in [-0.15, -0.1) is 0 Å². The summed E-state index contributed by atoms with van der Waals surface area (Å²) >= 11 is 5.69. The third-order valence-electron chi connectivity index (χ3n) is 7.19. The van der Waals surface area contributed by atoms with E-state index in [1.807, 2.05) is 18.7 Å². The fraction of sp³-hybridized carbons (Fsp3) is 0.696. The minimum absolute atomic E-state index is 0.0603. The van der Waals surface area contributed by atoms with Crippen molar-refractivity contribution in [1.82, 2.24) is 20.3 Å². The van der Waals surface area contributed by atoms with Crippen molar-refractivity contribution in [3.05, 3.63) is 28.7 Å². The van der Waals surface area contributed by atoms with Crippen molar-refractivity contribution in [2.45, 2.75) is 65.2 Å². The Bertz CT molecular complexity index is 804. The standard InChI is InChI=1S/C23H34N4O2S/c1-17-20(18(2)29-25-17)21(28)26-13-9-23(10-14-26)11-15-27(16-23)22(30)24-12-8-19-6-4-3-5-7-19/h6H,3-5,7-16H2,1-2H3,(H,24,30). The first kappa shape index (κ1) is 21.3. The van der Waals surface area contributed by atoms with Crippen LogP contribution in [0.15, 0.2) is 16.2 Å². The van der Waals surface area contributed by atoms with Crippen LogP contribution < -0.4 is 5.32 Å². The fourth-order valence-electron chi connectivity index (χ4n) is 5.22. The lowest BCUT2D eigenvalue weighted by Crippen LogP contribution is -2.46. The number of amides is 1. The van der Waals surface area contributed by atoms with Gasteiger partial charge in [-0.2, -0.15) is 0 Å². The molecule has 2 aliphatic heterocycles. The number of aryl methyl sites for hydroxylation is 2. The SMILES string of the molecule is Cc1noc(C)c1C(=O)N1CCC2(CC1)CCN(C(=S)NCCC1=CCCCC1)C2. The Kier molecular flexibility index (Phi) is 6.46. The van der Waals surface area contributed by atoms with E-state index < -0.39 is 0 Å². The van der Waals surface area contributed by atoms with E-state index in [1.54, 1.807) is 5.57 Å². The number of carbonyl (C=O) groups excluding carboxylic acids is 1. The molecule has 0 radical (unpaired) electrons. The molecule has 3 aliphatic rings. The number of allylic oxidation sites excluding steroid dienone is 1.